The third-order valence-electron chi connectivity index (χ3n) is 3.51. The van der Waals surface area contributed by atoms with Gasteiger partial charge < -0.3 is 4.74 Å². The average Bonchev–Trinajstić information content (AvgIpc) is 2.64. The van der Waals surface area contributed by atoms with Crippen LogP contribution >= 0.6 is 15.9 Å². The van der Waals surface area contributed by atoms with E-state index in [2.05, 4.69) is 15.9 Å². The van der Waals surface area contributed by atoms with Gasteiger partial charge in [0.25, 0.3) is 0 Å². The Labute approximate surface area is 150 Å². The smallest absolute Gasteiger partial charge is 0.127 e. The molecule has 3 nitrogen and oxygen atoms in total. The maximum absolute atomic E-state index is 5.41. The molecule has 0 fully saturated rings. The van der Waals surface area contributed by atoms with Crippen molar-refractivity contribution in [2.45, 2.75) is 0 Å². The van der Waals surface area contributed by atoms with Crippen LogP contribution in [0.25, 0.3) is 0 Å². The molecule has 3 aromatic carbocycles. The molecule has 3 rings (SSSR count). The summed E-state index contributed by atoms with van der Waals surface area (Å²) >= 11 is 3.49. The first-order chi connectivity index (χ1) is 11.8. The fraction of sp³-hybridized carbons (Fsp3) is 0.0500. The van der Waals surface area contributed by atoms with Crippen LogP contribution in [-0.4, -0.2) is 13.3 Å². The number of benzene rings is 3. The lowest BCUT2D eigenvalue weighted by atomic mass is 10.2. The van der Waals surface area contributed by atoms with E-state index >= 15 is 0 Å². The first kappa shape index (κ1) is 16.3. The van der Waals surface area contributed by atoms with Gasteiger partial charge in [0.05, 0.1) is 24.7 Å². The van der Waals surface area contributed by atoms with Crippen molar-refractivity contribution >= 4 is 33.5 Å². The number of hydrazone groups is 1. The number of rotatable bonds is 5. The predicted octanol–water partition coefficient (Wildman–Crippen LogP) is 5.63. The zero-order valence-electron chi connectivity index (χ0n) is 13.3. The molecule has 0 saturated carbocycles. The van der Waals surface area contributed by atoms with Gasteiger partial charge in [-0.2, -0.15) is 5.10 Å². The molecule has 3 aromatic rings. The molecule has 120 valence electrons. The minimum Gasteiger partial charge on any atom is -0.496 e. The van der Waals surface area contributed by atoms with Gasteiger partial charge in [-0.05, 0) is 42.5 Å². The van der Waals surface area contributed by atoms with Crippen LogP contribution < -0.4 is 9.75 Å². The standard InChI is InChI=1S/C20H17BrN2O/c1-24-20-13-12-17(21)14-16(20)15-22-23(18-8-4-2-5-9-18)19-10-6-3-7-11-19/h2-15H,1H3/b22-15+. The van der Waals surface area contributed by atoms with Crippen LogP contribution in [0.5, 0.6) is 5.75 Å². The van der Waals surface area contributed by atoms with E-state index in [0.29, 0.717) is 0 Å². The van der Waals surface area contributed by atoms with Crippen molar-refractivity contribution in [2.24, 2.45) is 5.10 Å². The van der Waals surface area contributed by atoms with Gasteiger partial charge in [-0.3, -0.25) is 0 Å². The monoisotopic (exact) mass is 380 g/mol. The van der Waals surface area contributed by atoms with Gasteiger partial charge in [0.2, 0.25) is 0 Å². The fourth-order valence-electron chi connectivity index (χ4n) is 2.35. The summed E-state index contributed by atoms with van der Waals surface area (Å²) in [4.78, 5) is 0. The lowest BCUT2D eigenvalue weighted by Gasteiger charge is -2.19. The topological polar surface area (TPSA) is 24.8 Å². The van der Waals surface area contributed by atoms with E-state index in [4.69, 9.17) is 9.84 Å². The molecule has 0 radical (unpaired) electrons. The zero-order valence-corrected chi connectivity index (χ0v) is 14.8. The Kier molecular flexibility index (Phi) is 5.29. The highest BCUT2D eigenvalue weighted by atomic mass is 79.9. The van der Waals surface area contributed by atoms with E-state index in [0.717, 1.165) is 27.2 Å². The quantitative estimate of drug-likeness (QED) is 0.423. The molecule has 0 unspecified atom stereocenters. The van der Waals surface area contributed by atoms with E-state index in [1.807, 2.05) is 90.1 Å². The number of methoxy groups -OCH3 is 1. The van der Waals surface area contributed by atoms with Crippen molar-refractivity contribution < 1.29 is 4.74 Å². The van der Waals surface area contributed by atoms with Crippen LogP contribution in [0.3, 0.4) is 0 Å². The number of anilines is 2. The zero-order chi connectivity index (χ0) is 16.8. The van der Waals surface area contributed by atoms with Crippen LogP contribution in [0.4, 0.5) is 11.4 Å². The molecule has 0 atom stereocenters. The van der Waals surface area contributed by atoms with Crippen molar-refractivity contribution in [3.05, 3.63) is 88.9 Å². The summed E-state index contributed by atoms with van der Waals surface area (Å²) in [5.74, 6) is 0.781. The van der Waals surface area contributed by atoms with Crippen LogP contribution in [0.1, 0.15) is 5.56 Å². The van der Waals surface area contributed by atoms with E-state index in [-0.39, 0.29) is 0 Å². The van der Waals surface area contributed by atoms with E-state index in [9.17, 15) is 0 Å². The Morgan fingerprint density at radius 3 is 2.00 bits per heavy atom. The Balaban J connectivity index is 2.00. The van der Waals surface area contributed by atoms with Crippen LogP contribution in [-0.2, 0) is 0 Å². The highest BCUT2D eigenvalue weighted by Gasteiger charge is 2.07. The molecule has 0 aliphatic heterocycles. The summed E-state index contributed by atoms with van der Waals surface area (Å²) < 4.78 is 6.40. The molecular weight excluding hydrogens is 364 g/mol. The normalized spacial score (nSPS) is 10.8. The number of ether oxygens (including phenoxy) is 1. The van der Waals surface area contributed by atoms with Crippen molar-refractivity contribution in [3.63, 3.8) is 0 Å². The molecular formula is C20H17BrN2O. The van der Waals surface area contributed by atoms with Crippen LogP contribution in [0, 0.1) is 0 Å². The van der Waals surface area contributed by atoms with Crippen molar-refractivity contribution in [2.75, 3.05) is 12.1 Å². The summed E-state index contributed by atoms with van der Waals surface area (Å²) in [5.41, 5.74) is 2.89. The average molecular weight is 381 g/mol. The largest absolute Gasteiger partial charge is 0.496 e. The molecule has 0 bridgehead atoms. The molecule has 4 heteroatoms. The highest BCUT2D eigenvalue weighted by molar-refractivity contribution is 9.10. The second-order valence-corrected chi connectivity index (χ2v) is 6.03. The maximum Gasteiger partial charge on any atom is 0.127 e. The molecule has 0 spiro atoms. The molecule has 0 aromatic heterocycles. The minimum absolute atomic E-state index is 0.781. The summed E-state index contributed by atoms with van der Waals surface area (Å²) in [6, 6.07) is 26.0. The van der Waals surface area contributed by atoms with Gasteiger partial charge in [0, 0.05) is 10.0 Å². The SMILES string of the molecule is COc1ccc(Br)cc1/C=N/N(c1ccccc1)c1ccccc1. The third-order valence-corrected chi connectivity index (χ3v) is 4.00. The summed E-state index contributed by atoms with van der Waals surface area (Å²) in [6.45, 7) is 0. The summed E-state index contributed by atoms with van der Waals surface area (Å²) in [5, 5.41) is 6.59. The Morgan fingerprint density at radius 1 is 0.875 bits per heavy atom. The molecule has 24 heavy (non-hydrogen) atoms. The van der Waals surface area contributed by atoms with Crippen molar-refractivity contribution in [1.29, 1.82) is 0 Å². The van der Waals surface area contributed by atoms with Crippen molar-refractivity contribution in [1.82, 2.24) is 0 Å². The molecule has 0 N–H and O–H groups in total. The number of hydrogen-bond acceptors (Lipinski definition) is 3. The number of hydrogen-bond donors (Lipinski definition) is 0. The predicted molar refractivity (Wildman–Crippen MR) is 103 cm³/mol. The first-order valence-electron chi connectivity index (χ1n) is 7.55. The van der Waals surface area contributed by atoms with Crippen molar-refractivity contribution in [3.8, 4) is 5.75 Å². The van der Waals surface area contributed by atoms with E-state index in [1.54, 1.807) is 7.11 Å². The first-order valence-corrected chi connectivity index (χ1v) is 8.35. The third kappa shape index (κ3) is 3.84. The van der Waals surface area contributed by atoms with E-state index in [1.165, 1.54) is 0 Å². The van der Waals surface area contributed by atoms with Crippen LogP contribution in [0.15, 0.2) is 88.4 Å². The Morgan fingerprint density at radius 2 is 1.46 bits per heavy atom. The number of para-hydroxylation sites is 2. The summed E-state index contributed by atoms with van der Waals surface area (Å²) in [6.07, 6.45) is 1.81. The van der Waals surface area contributed by atoms with Gasteiger partial charge in [-0.1, -0.05) is 52.3 Å². The Hall–Kier alpha value is -2.59. The van der Waals surface area contributed by atoms with E-state index < -0.39 is 0 Å². The second kappa shape index (κ2) is 7.79. The van der Waals surface area contributed by atoms with Gasteiger partial charge in [-0.15, -0.1) is 0 Å². The van der Waals surface area contributed by atoms with Gasteiger partial charge in [0.1, 0.15) is 5.75 Å². The Bertz CT molecular complexity index is 780. The second-order valence-electron chi connectivity index (χ2n) is 5.11. The number of nitrogens with zero attached hydrogens (tertiary/aromatic N) is 2. The maximum atomic E-state index is 5.41. The number of halogens is 1. The minimum atomic E-state index is 0.781. The molecule has 0 saturated heterocycles. The van der Waals surface area contributed by atoms with Crippen LogP contribution in [0.2, 0.25) is 0 Å². The van der Waals surface area contributed by atoms with Gasteiger partial charge in [-0.25, -0.2) is 5.01 Å². The summed E-state index contributed by atoms with van der Waals surface area (Å²) in [7, 11) is 1.66. The molecule has 0 aliphatic carbocycles. The molecule has 0 heterocycles. The highest BCUT2D eigenvalue weighted by Crippen LogP contribution is 2.26. The van der Waals surface area contributed by atoms with Gasteiger partial charge >= 0.3 is 0 Å². The fourth-order valence-corrected chi connectivity index (χ4v) is 2.73. The molecule has 0 aliphatic rings. The lowest BCUT2D eigenvalue weighted by Crippen LogP contribution is -2.09. The molecule has 0 amide bonds. The van der Waals surface area contributed by atoms with Gasteiger partial charge in [0.15, 0.2) is 0 Å². The lowest BCUT2D eigenvalue weighted by molar-refractivity contribution is 0.414.